The molecule has 0 aromatic rings. The molecule has 0 bridgehead atoms. The molecule has 0 aromatic carbocycles. The fourth-order valence-electron chi connectivity index (χ4n) is 1.25. The SMILES string of the molecule is O=C([O-])CCCCCCCCC(=O)[O-].[Cu+2]. The first-order chi connectivity index (χ1) is 6.63. The first kappa shape index (κ1) is 16.9. The number of hydrogen-bond acceptors (Lipinski definition) is 4. The Balaban J connectivity index is 0. The molecule has 0 aliphatic heterocycles. The van der Waals surface area contributed by atoms with Crippen molar-refractivity contribution in [2.24, 2.45) is 0 Å². The van der Waals surface area contributed by atoms with E-state index in [2.05, 4.69) is 0 Å². The van der Waals surface area contributed by atoms with Crippen molar-refractivity contribution in [3.05, 3.63) is 0 Å². The van der Waals surface area contributed by atoms with Gasteiger partial charge in [-0.1, -0.05) is 25.7 Å². The van der Waals surface area contributed by atoms with Crippen LogP contribution in [0.25, 0.3) is 0 Å². The van der Waals surface area contributed by atoms with Gasteiger partial charge in [0, 0.05) is 11.9 Å². The van der Waals surface area contributed by atoms with Crippen molar-refractivity contribution in [3.63, 3.8) is 0 Å². The van der Waals surface area contributed by atoms with Crippen molar-refractivity contribution in [1.29, 1.82) is 0 Å². The summed E-state index contributed by atoms with van der Waals surface area (Å²) in [6.07, 6.45) is 5.23. The zero-order valence-electron chi connectivity index (χ0n) is 8.59. The van der Waals surface area contributed by atoms with E-state index in [1.165, 1.54) is 0 Å². The zero-order valence-corrected chi connectivity index (χ0v) is 9.53. The van der Waals surface area contributed by atoms with Crippen molar-refractivity contribution < 1.29 is 36.9 Å². The molecule has 1 radical (unpaired) electrons. The molecular formula is C10H16CuO4. The van der Waals surface area contributed by atoms with E-state index >= 15 is 0 Å². The predicted octanol–water partition coefficient (Wildman–Crippen LogP) is -0.396. The smallest absolute Gasteiger partial charge is 0.550 e. The Morgan fingerprint density at radius 2 is 0.933 bits per heavy atom. The molecule has 15 heavy (non-hydrogen) atoms. The third kappa shape index (κ3) is 16.2. The molecule has 0 saturated carbocycles. The predicted molar refractivity (Wildman–Crippen MR) is 47.0 cm³/mol. The van der Waals surface area contributed by atoms with Crippen molar-refractivity contribution in [3.8, 4) is 0 Å². The van der Waals surface area contributed by atoms with Crippen molar-refractivity contribution in [2.75, 3.05) is 0 Å². The molecule has 0 aliphatic carbocycles. The summed E-state index contributed by atoms with van der Waals surface area (Å²) in [6.45, 7) is 0. The summed E-state index contributed by atoms with van der Waals surface area (Å²) in [5.41, 5.74) is 0. The first-order valence-corrected chi connectivity index (χ1v) is 5.02. The van der Waals surface area contributed by atoms with Crippen LogP contribution >= 0.6 is 0 Å². The van der Waals surface area contributed by atoms with Crippen LogP contribution in [-0.4, -0.2) is 11.9 Å². The number of rotatable bonds is 9. The molecule has 0 unspecified atom stereocenters. The van der Waals surface area contributed by atoms with Crippen LogP contribution in [0.3, 0.4) is 0 Å². The summed E-state index contributed by atoms with van der Waals surface area (Å²) in [6, 6.07) is 0. The average molecular weight is 264 g/mol. The largest absolute Gasteiger partial charge is 2.00 e. The maximum absolute atomic E-state index is 10.0. The van der Waals surface area contributed by atoms with Crippen LogP contribution in [0.15, 0.2) is 0 Å². The van der Waals surface area contributed by atoms with Gasteiger partial charge in [-0.25, -0.2) is 0 Å². The summed E-state index contributed by atoms with van der Waals surface area (Å²) < 4.78 is 0. The number of aliphatic carboxylic acids is 2. The standard InChI is InChI=1S/C10H18O4.Cu/c11-9(12)7-5-3-1-2-4-6-8-10(13)14;/h1-8H2,(H,11,12)(H,13,14);/q;+2/p-2. The van der Waals surface area contributed by atoms with Gasteiger partial charge in [0.1, 0.15) is 0 Å². The molecule has 0 spiro atoms. The number of carbonyl (C=O) groups is 2. The molecule has 0 amide bonds. The molecule has 91 valence electrons. The van der Waals surface area contributed by atoms with Crippen LogP contribution in [0.2, 0.25) is 0 Å². The quantitative estimate of drug-likeness (QED) is 0.419. The van der Waals surface area contributed by atoms with Gasteiger partial charge in [-0.2, -0.15) is 0 Å². The number of carbonyl (C=O) groups excluding carboxylic acids is 2. The van der Waals surface area contributed by atoms with Gasteiger partial charge >= 0.3 is 17.1 Å². The van der Waals surface area contributed by atoms with Gasteiger partial charge in [-0.3, -0.25) is 0 Å². The van der Waals surface area contributed by atoms with Crippen LogP contribution in [0.4, 0.5) is 0 Å². The first-order valence-electron chi connectivity index (χ1n) is 5.02. The third-order valence-corrected chi connectivity index (χ3v) is 2.01. The molecule has 5 heteroatoms. The third-order valence-electron chi connectivity index (χ3n) is 2.01. The van der Waals surface area contributed by atoms with Gasteiger partial charge in [0.25, 0.3) is 0 Å². The number of carboxylic acids is 2. The Morgan fingerprint density at radius 1 is 0.667 bits per heavy atom. The van der Waals surface area contributed by atoms with Gasteiger partial charge in [-0.05, 0) is 25.7 Å². The van der Waals surface area contributed by atoms with E-state index in [0.717, 1.165) is 25.7 Å². The summed E-state index contributed by atoms with van der Waals surface area (Å²) in [5.74, 6) is -2.00. The average Bonchev–Trinajstić information content (AvgIpc) is 2.08. The summed E-state index contributed by atoms with van der Waals surface area (Å²) in [4.78, 5) is 20.1. The summed E-state index contributed by atoms with van der Waals surface area (Å²) in [5, 5.41) is 20.1. The molecule has 4 nitrogen and oxygen atoms in total. The van der Waals surface area contributed by atoms with Crippen LogP contribution in [0.5, 0.6) is 0 Å². The second kappa shape index (κ2) is 11.5. The van der Waals surface area contributed by atoms with Crippen LogP contribution in [0, 0.1) is 0 Å². The minimum Gasteiger partial charge on any atom is -0.550 e. The number of hydrogen-bond donors (Lipinski definition) is 0. The van der Waals surface area contributed by atoms with Crippen molar-refractivity contribution >= 4 is 11.9 Å². The normalized spacial score (nSPS) is 9.33. The van der Waals surface area contributed by atoms with Gasteiger partial charge in [-0.15, -0.1) is 0 Å². The Hall–Kier alpha value is -0.541. The van der Waals surface area contributed by atoms with E-state index in [9.17, 15) is 19.8 Å². The molecule has 0 saturated heterocycles. The molecule has 0 rings (SSSR count). The Bertz CT molecular complexity index is 162. The second-order valence-electron chi connectivity index (χ2n) is 3.37. The van der Waals surface area contributed by atoms with E-state index in [4.69, 9.17) is 0 Å². The van der Waals surface area contributed by atoms with Crippen molar-refractivity contribution in [1.82, 2.24) is 0 Å². The van der Waals surface area contributed by atoms with Gasteiger partial charge < -0.3 is 19.8 Å². The fourth-order valence-corrected chi connectivity index (χ4v) is 1.25. The van der Waals surface area contributed by atoms with Crippen LogP contribution < -0.4 is 10.2 Å². The van der Waals surface area contributed by atoms with Crippen molar-refractivity contribution in [2.45, 2.75) is 51.4 Å². The van der Waals surface area contributed by atoms with E-state index < -0.39 is 11.9 Å². The van der Waals surface area contributed by atoms with E-state index in [-0.39, 0.29) is 29.9 Å². The Morgan fingerprint density at radius 3 is 1.20 bits per heavy atom. The van der Waals surface area contributed by atoms with Crippen LogP contribution in [0.1, 0.15) is 51.4 Å². The monoisotopic (exact) mass is 263 g/mol. The van der Waals surface area contributed by atoms with Gasteiger partial charge in [0.05, 0.1) is 0 Å². The minimum atomic E-state index is -0.998. The molecule has 0 aliphatic rings. The maximum Gasteiger partial charge on any atom is 2.00 e. The minimum absolute atomic E-state index is 0. The maximum atomic E-state index is 10.0. The molecular weight excluding hydrogens is 248 g/mol. The van der Waals surface area contributed by atoms with Gasteiger partial charge in [0.15, 0.2) is 0 Å². The van der Waals surface area contributed by atoms with E-state index in [1.54, 1.807) is 0 Å². The Labute approximate surface area is 101 Å². The van der Waals surface area contributed by atoms with Crippen LogP contribution in [-0.2, 0) is 26.7 Å². The fraction of sp³-hybridized carbons (Fsp3) is 0.800. The Kier molecular flexibility index (Phi) is 13.0. The second-order valence-corrected chi connectivity index (χ2v) is 3.37. The number of unbranched alkanes of at least 4 members (excludes halogenated alkanes) is 5. The van der Waals surface area contributed by atoms with E-state index in [1.807, 2.05) is 0 Å². The molecule has 0 fully saturated rings. The molecule has 0 atom stereocenters. The topological polar surface area (TPSA) is 80.3 Å². The number of carboxylic acid groups (broad SMARTS) is 2. The van der Waals surface area contributed by atoms with E-state index in [0.29, 0.717) is 12.8 Å². The summed E-state index contributed by atoms with van der Waals surface area (Å²) >= 11 is 0. The zero-order chi connectivity index (χ0) is 10.8. The molecule has 0 aromatic heterocycles. The molecule has 0 heterocycles. The molecule has 0 N–H and O–H groups in total. The summed E-state index contributed by atoms with van der Waals surface area (Å²) in [7, 11) is 0. The van der Waals surface area contributed by atoms with Gasteiger partial charge in [0.2, 0.25) is 0 Å².